The largest absolute Gasteiger partial charge is 0.477 e. The maximum absolute atomic E-state index is 13.3. The van der Waals surface area contributed by atoms with Gasteiger partial charge in [0.15, 0.2) is 10.8 Å². The number of amides is 2. The summed E-state index contributed by atoms with van der Waals surface area (Å²) in [5.41, 5.74) is 6.30. The second kappa shape index (κ2) is 10.8. The molecule has 36 heavy (non-hydrogen) atoms. The van der Waals surface area contributed by atoms with Crippen molar-refractivity contribution in [2.45, 2.75) is 30.7 Å². The smallest absolute Gasteiger partial charge is 0.352 e. The summed E-state index contributed by atoms with van der Waals surface area (Å²) in [6.45, 7) is 0.838. The number of carboxylic acids is 1. The fourth-order valence-electron chi connectivity index (χ4n) is 3.50. The molecule has 3 heterocycles. The number of nitrogens with two attached hydrogens (primary N) is 1. The minimum Gasteiger partial charge on any atom is -0.477 e. The molecule has 2 aliphatic heterocycles. The number of fused-ring (bicyclic) bond motifs is 1. The molecule has 14 heteroatoms. The molecule has 0 bridgehead atoms. The Bertz CT molecular complexity index is 1260. The maximum Gasteiger partial charge on any atom is 0.352 e. The van der Waals surface area contributed by atoms with E-state index in [1.54, 1.807) is 0 Å². The Hall–Kier alpha value is -3.91. The van der Waals surface area contributed by atoms with Gasteiger partial charge in [-0.2, -0.15) is 0 Å². The summed E-state index contributed by atoms with van der Waals surface area (Å²) < 4.78 is 5.03. The van der Waals surface area contributed by atoms with Crippen molar-refractivity contribution in [2.24, 2.45) is 5.16 Å². The maximum atomic E-state index is 13.3. The van der Waals surface area contributed by atoms with Crippen LogP contribution in [0.4, 0.5) is 5.13 Å². The third-order valence-corrected chi connectivity index (χ3v) is 7.21. The number of benzene rings is 1. The molecule has 4 N–H and O–H groups in total. The number of esters is 1. The van der Waals surface area contributed by atoms with Gasteiger partial charge in [-0.05, 0) is 5.56 Å². The van der Waals surface area contributed by atoms with E-state index in [2.05, 4.69) is 15.5 Å². The topological polar surface area (TPSA) is 174 Å². The monoisotopic (exact) mass is 531 g/mol. The van der Waals surface area contributed by atoms with Crippen LogP contribution in [0.5, 0.6) is 0 Å². The summed E-state index contributed by atoms with van der Waals surface area (Å²) in [7, 11) is 0. The second-order valence-corrected chi connectivity index (χ2v) is 9.82. The molecule has 1 aromatic carbocycles. The quantitative estimate of drug-likeness (QED) is 0.185. The van der Waals surface area contributed by atoms with Crippen molar-refractivity contribution in [3.8, 4) is 0 Å². The van der Waals surface area contributed by atoms with Crippen LogP contribution in [0.25, 0.3) is 0 Å². The van der Waals surface area contributed by atoms with Crippen LogP contribution in [0.1, 0.15) is 24.6 Å². The summed E-state index contributed by atoms with van der Waals surface area (Å²) in [6.07, 6.45) is 0.110. The number of ether oxygens (including phenoxy) is 1. The average Bonchev–Trinajstić information content (AvgIpc) is 3.26. The minimum absolute atomic E-state index is 0.0581. The lowest BCUT2D eigenvalue weighted by Crippen LogP contribution is -2.58. The number of aromatic nitrogens is 1. The Morgan fingerprint density at radius 2 is 2.03 bits per heavy atom. The molecule has 188 valence electrons. The van der Waals surface area contributed by atoms with E-state index in [1.165, 1.54) is 12.3 Å². The van der Waals surface area contributed by atoms with Gasteiger partial charge in [-0.25, -0.2) is 9.78 Å². The first-order chi connectivity index (χ1) is 17.2. The number of oxime groups is 1. The van der Waals surface area contributed by atoms with Gasteiger partial charge in [0.1, 0.15) is 30.0 Å². The summed E-state index contributed by atoms with van der Waals surface area (Å²) in [4.78, 5) is 59.5. The van der Waals surface area contributed by atoms with E-state index >= 15 is 0 Å². The van der Waals surface area contributed by atoms with E-state index < -0.39 is 35.2 Å². The van der Waals surface area contributed by atoms with Gasteiger partial charge < -0.3 is 25.7 Å². The number of carbonyl (C=O) groups is 4. The standard InChI is InChI=1S/C22H21N5O7S2/c1-11(28)33-9-13-18(21(31)32)27-15(29)7-16(27)36-20(13)25-19(30)17(14-10-35-22(23)24-14)26-34-8-12-5-3-2-4-6-12/h2-6,10,16,20H,7-9H2,1H3,(H2,23,24)(H,25,30)(H,31,32)/t16-,20?/m1/s1. The number of carbonyl (C=O) groups excluding carboxylic acids is 3. The average molecular weight is 532 g/mol. The van der Waals surface area contributed by atoms with Gasteiger partial charge in [-0.3, -0.25) is 19.3 Å². The van der Waals surface area contributed by atoms with Crippen LogP contribution in [-0.2, 0) is 35.4 Å². The fourth-order valence-corrected chi connectivity index (χ4v) is 5.47. The predicted octanol–water partition coefficient (Wildman–Crippen LogP) is 1.30. The summed E-state index contributed by atoms with van der Waals surface area (Å²) in [6, 6.07) is 9.19. The molecule has 0 saturated carbocycles. The van der Waals surface area contributed by atoms with E-state index in [4.69, 9.17) is 15.3 Å². The lowest BCUT2D eigenvalue weighted by Gasteiger charge is -2.46. The highest BCUT2D eigenvalue weighted by Gasteiger charge is 2.49. The Morgan fingerprint density at radius 1 is 1.28 bits per heavy atom. The lowest BCUT2D eigenvalue weighted by atomic mass is 10.1. The zero-order chi connectivity index (χ0) is 25.8. The molecule has 1 aromatic heterocycles. The van der Waals surface area contributed by atoms with Crippen LogP contribution in [-0.4, -0.2) is 61.8 Å². The van der Waals surface area contributed by atoms with Crippen molar-refractivity contribution >= 4 is 57.7 Å². The molecule has 0 spiro atoms. The van der Waals surface area contributed by atoms with Crippen LogP contribution < -0.4 is 11.1 Å². The predicted molar refractivity (Wildman–Crippen MR) is 130 cm³/mol. The zero-order valence-electron chi connectivity index (χ0n) is 18.9. The van der Waals surface area contributed by atoms with Crippen molar-refractivity contribution < 1.29 is 33.9 Å². The Morgan fingerprint density at radius 3 is 2.64 bits per heavy atom. The first-order valence-electron chi connectivity index (χ1n) is 10.6. The Balaban J connectivity index is 1.61. The number of carboxylic acid groups (broad SMARTS) is 1. The molecule has 2 aromatic rings. The van der Waals surface area contributed by atoms with Gasteiger partial charge in [0.05, 0.1) is 11.8 Å². The number of rotatable bonds is 9. The molecule has 2 atom stereocenters. The van der Waals surface area contributed by atoms with Gasteiger partial charge in [-0.1, -0.05) is 35.5 Å². The van der Waals surface area contributed by atoms with Gasteiger partial charge in [0.25, 0.3) is 5.91 Å². The van der Waals surface area contributed by atoms with Crippen molar-refractivity contribution in [1.29, 1.82) is 0 Å². The van der Waals surface area contributed by atoms with E-state index in [9.17, 15) is 24.3 Å². The van der Waals surface area contributed by atoms with E-state index in [-0.39, 0.29) is 46.7 Å². The van der Waals surface area contributed by atoms with E-state index in [0.717, 1.165) is 33.6 Å². The van der Waals surface area contributed by atoms with Crippen LogP contribution in [0.3, 0.4) is 0 Å². The van der Waals surface area contributed by atoms with E-state index in [0.29, 0.717) is 0 Å². The SMILES string of the molecule is CC(=O)OCC1=C(C(=O)O)N2C(=O)C[C@H]2SC1NC(=O)C(=NOCc1ccccc1)c1csc(N)n1. The number of thioether (sulfide) groups is 1. The number of nitrogens with zero attached hydrogens (tertiary/aromatic N) is 3. The van der Waals surface area contributed by atoms with Crippen molar-refractivity contribution in [3.63, 3.8) is 0 Å². The van der Waals surface area contributed by atoms with Crippen molar-refractivity contribution in [2.75, 3.05) is 12.3 Å². The highest BCUT2D eigenvalue weighted by atomic mass is 32.2. The van der Waals surface area contributed by atoms with Crippen LogP contribution >= 0.6 is 23.1 Å². The van der Waals surface area contributed by atoms with E-state index in [1.807, 2.05) is 30.3 Å². The van der Waals surface area contributed by atoms with Gasteiger partial charge in [0.2, 0.25) is 5.91 Å². The number of nitrogens with one attached hydrogen (secondary N) is 1. The first-order valence-corrected chi connectivity index (χ1v) is 12.4. The molecule has 1 fully saturated rings. The highest BCUT2D eigenvalue weighted by molar-refractivity contribution is 8.00. The molecule has 1 saturated heterocycles. The Kier molecular flexibility index (Phi) is 7.55. The van der Waals surface area contributed by atoms with Crippen molar-refractivity contribution in [1.82, 2.24) is 15.2 Å². The number of β-lactam (4-membered cyclic amide) rings is 1. The number of hydrogen-bond acceptors (Lipinski definition) is 11. The van der Waals surface area contributed by atoms with Gasteiger partial charge >= 0.3 is 11.9 Å². The minimum atomic E-state index is -1.37. The highest BCUT2D eigenvalue weighted by Crippen LogP contribution is 2.43. The number of nitrogen functional groups attached to an aromatic ring is 1. The molecular formula is C22H21N5O7S2. The third kappa shape index (κ3) is 5.49. The number of anilines is 1. The van der Waals surface area contributed by atoms with Crippen LogP contribution in [0, 0.1) is 0 Å². The van der Waals surface area contributed by atoms with Crippen LogP contribution in [0.2, 0.25) is 0 Å². The van der Waals surface area contributed by atoms with Crippen LogP contribution in [0.15, 0.2) is 52.1 Å². The Labute approximate surface area is 213 Å². The molecule has 2 aliphatic rings. The molecular weight excluding hydrogens is 510 g/mol. The first kappa shape index (κ1) is 25.2. The summed E-state index contributed by atoms with van der Waals surface area (Å²) in [5, 5.41) is 16.8. The second-order valence-electron chi connectivity index (χ2n) is 7.64. The van der Waals surface area contributed by atoms with Gasteiger partial charge in [0, 0.05) is 17.9 Å². The fraction of sp³-hybridized carbons (Fsp3) is 0.273. The number of hydrogen-bond donors (Lipinski definition) is 3. The lowest BCUT2D eigenvalue weighted by molar-refractivity contribution is -0.146. The zero-order valence-corrected chi connectivity index (χ0v) is 20.5. The van der Waals surface area contributed by atoms with Crippen molar-refractivity contribution in [3.05, 3.63) is 58.2 Å². The van der Waals surface area contributed by atoms with Gasteiger partial charge in [-0.15, -0.1) is 23.1 Å². The molecule has 4 rings (SSSR count). The molecule has 1 unspecified atom stereocenters. The summed E-state index contributed by atoms with van der Waals surface area (Å²) >= 11 is 2.26. The summed E-state index contributed by atoms with van der Waals surface area (Å²) in [5.74, 6) is -3.10. The third-order valence-electron chi connectivity index (χ3n) is 5.17. The normalized spacial score (nSPS) is 19.3. The molecule has 2 amide bonds. The number of thiazole rings is 1. The molecule has 0 radical (unpaired) electrons. The number of aliphatic carboxylic acids is 1. The molecule has 0 aliphatic carbocycles. The molecule has 12 nitrogen and oxygen atoms in total.